The molecule has 2 amide bonds. The molecule has 0 saturated carbocycles. The number of benzene rings is 2. The molecule has 0 aliphatic carbocycles. The Labute approximate surface area is 163 Å². The van der Waals surface area contributed by atoms with E-state index in [1.165, 1.54) is 16.9 Å². The summed E-state index contributed by atoms with van der Waals surface area (Å²) in [6.07, 6.45) is 0. The van der Waals surface area contributed by atoms with Crippen molar-refractivity contribution in [3.63, 3.8) is 0 Å². The largest absolute Gasteiger partial charge is 0.497 e. The Morgan fingerprint density at radius 1 is 1.11 bits per heavy atom. The predicted octanol–water partition coefficient (Wildman–Crippen LogP) is 5.26. The Hall–Kier alpha value is -2.86. The number of hydrogen-bond acceptors (Lipinski definition) is 4. The highest BCUT2D eigenvalue weighted by Gasteiger charge is 2.07. The summed E-state index contributed by atoms with van der Waals surface area (Å²) in [5.41, 5.74) is 3.93. The fraction of sp³-hybridized carbons (Fsp3) is 0.238. The van der Waals surface area contributed by atoms with E-state index in [1.807, 2.05) is 53.9 Å². The number of carbonyl (C=O) groups is 1. The van der Waals surface area contributed by atoms with Gasteiger partial charge in [-0.1, -0.05) is 26.0 Å². The van der Waals surface area contributed by atoms with Crippen LogP contribution in [0.3, 0.4) is 0 Å². The summed E-state index contributed by atoms with van der Waals surface area (Å²) in [5, 5.41) is 8.53. The normalized spacial score (nSPS) is 10.7. The lowest BCUT2D eigenvalue weighted by atomic mass is 10.0. The van der Waals surface area contributed by atoms with Gasteiger partial charge in [0.2, 0.25) is 0 Å². The molecule has 0 aliphatic rings. The minimum absolute atomic E-state index is 0.242. The van der Waals surface area contributed by atoms with Crippen LogP contribution in [0.5, 0.6) is 5.75 Å². The standard InChI is InChI=1S/C21H23N3O2S/c1-14(2)15-4-8-17(9-5-15)23-21(25)22-12-20-24-19(13-27-20)16-6-10-18(26-3)11-7-16/h4-11,13-14H,12H2,1-3H3,(H2,22,23,25). The summed E-state index contributed by atoms with van der Waals surface area (Å²) in [6.45, 7) is 4.67. The summed E-state index contributed by atoms with van der Waals surface area (Å²) < 4.78 is 5.17. The number of rotatable bonds is 6. The van der Waals surface area contributed by atoms with Gasteiger partial charge in [0.15, 0.2) is 0 Å². The van der Waals surface area contributed by atoms with Crippen molar-refractivity contribution < 1.29 is 9.53 Å². The van der Waals surface area contributed by atoms with Gasteiger partial charge in [-0.05, 0) is 47.9 Å². The fourth-order valence-electron chi connectivity index (χ4n) is 2.57. The lowest BCUT2D eigenvalue weighted by Gasteiger charge is -2.09. The number of nitrogens with one attached hydrogen (secondary N) is 2. The molecule has 0 fully saturated rings. The van der Waals surface area contributed by atoms with Crippen LogP contribution >= 0.6 is 11.3 Å². The van der Waals surface area contributed by atoms with Crippen molar-refractivity contribution >= 4 is 23.1 Å². The average molecular weight is 382 g/mol. The summed E-state index contributed by atoms with van der Waals surface area (Å²) in [6, 6.07) is 15.4. The number of amides is 2. The van der Waals surface area contributed by atoms with Gasteiger partial charge in [0, 0.05) is 16.6 Å². The lowest BCUT2D eigenvalue weighted by molar-refractivity contribution is 0.251. The maximum Gasteiger partial charge on any atom is 0.319 e. The zero-order valence-corrected chi connectivity index (χ0v) is 16.5. The highest BCUT2D eigenvalue weighted by atomic mass is 32.1. The summed E-state index contributed by atoms with van der Waals surface area (Å²) in [7, 11) is 1.64. The molecule has 3 aromatic rings. The number of hydrogen-bond donors (Lipinski definition) is 2. The van der Waals surface area contributed by atoms with E-state index in [4.69, 9.17) is 4.74 Å². The average Bonchev–Trinajstić information content (AvgIpc) is 3.16. The Balaban J connectivity index is 1.53. The van der Waals surface area contributed by atoms with Crippen LogP contribution in [-0.4, -0.2) is 18.1 Å². The van der Waals surface area contributed by atoms with E-state index in [9.17, 15) is 4.79 Å². The molecular formula is C21H23N3O2S. The molecular weight excluding hydrogens is 358 g/mol. The van der Waals surface area contributed by atoms with E-state index in [0.29, 0.717) is 12.5 Å². The first-order valence-corrected chi connectivity index (χ1v) is 9.67. The van der Waals surface area contributed by atoms with Crippen molar-refractivity contribution in [3.05, 3.63) is 64.5 Å². The van der Waals surface area contributed by atoms with Gasteiger partial charge in [-0.15, -0.1) is 11.3 Å². The topological polar surface area (TPSA) is 63.2 Å². The van der Waals surface area contributed by atoms with Crippen LogP contribution in [0.25, 0.3) is 11.3 Å². The lowest BCUT2D eigenvalue weighted by Crippen LogP contribution is -2.28. The fourth-order valence-corrected chi connectivity index (χ4v) is 3.31. The summed E-state index contributed by atoms with van der Waals surface area (Å²) in [5.74, 6) is 1.28. The predicted molar refractivity (Wildman–Crippen MR) is 110 cm³/mol. The van der Waals surface area contributed by atoms with E-state index in [0.717, 1.165) is 27.7 Å². The van der Waals surface area contributed by atoms with Crippen LogP contribution in [-0.2, 0) is 6.54 Å². The van der Waals surface area contributed by atoms with Gasteiger partial charge in [-0.25, -0.2) is 9.78 Å². The van der Waals surface area contributed by atoms with Crippen LogP contribution in [0.2, 0.25) is 0 Å². The highest BCUT2D eigenvalue weighted by Crippen LogP contribution is 2.24. The molecule has 0 aliphatic heterocycles. The van der Waals surface area contributed by atoms with E-state index in [2.05, 4.69) is 29.5 Å². The molecule has 27 heavy (non-hydrogen) atoms. The number of nitrogens with zero attached hydrogens (tertiary/aromatic N) is 1. The van der Waals surface area contributed by atoms with Gasteiger partial charge in [0.25, 0.3) is 0 Å². The molecule has 0 spiro atoms. The maximum absolute atomic E-state index is 12.1. The van der Waals surface area contributed by atoms with Crippen LogP contribution in [0.1, 0.15) is 30.3 Å². The first-order chi connectivity index (χ1) is 13.0. The number of ether oxygens (including phenoxy) is 1. The van der Waals surface area contributed by atoms with Gasteiger partial charge in [-0.2, -0.15) is 0 Å². The quantitative estimate of drug-likeness (QED) is 0.612. The zero-order chi connectivity index (χ0) is 19.2. The molecule has 140 valence electrons. The molecule has 6 heteroatoms. The van der Waals surface area contributed by atoms with Crippen molar-refractivity contribution in [1.82, 2.24) is 10.3 Å². The van der Waals surface area contributed by atoms with Crippen LogP contribution in [0, 0.1) is 0 Å². The molecule has 0 unspecified atom stereocenters. The van der Waals surface area contributed by atoms with Crippen LogP contribution in [0.15, 0.2) is 53.9 Å². The second-order valence-electron chi connectivity index (χ2n) is 6.44. The van der Waals surface area contributed by atoms with E-state index in [1.54, 1.807) is 7.11 Å². The van der Waals surface area contributed by atoms with Gasteiger partial charge < -0.3 is 15.4 Å². The molecule has 5 nitrogen and oxygen atoms in total. The Bertz CT molecular complexity index is 887. The molecule has 3 rings (SSSR count). The Morgan fingerprint density at radius 3 is 2.44 bits per heavy atom. The van der Waals surface area contributed by atoms with Gasteiger partial charge >= 0.3 is 6.03 Å². The number of urea groups is 1. The molecule has 0 radical (unpaired) electrons. The Morgan fingerprint density at radius 2 is 1.81 bits per heavy atom. The smallest absolute Gasteiger partial charge is 0.319 e. The molecule has 1 aromatic heterocycles. The van der Waals surface area contributed by atoms with E-state index < -0.39 is 0 Å². The summed E-state index contributed by atoms with van der Waals surface area (Å²) >= 11 is 1.52. The van der Waals surface area contributed by atoms with Crippen LogP contribution < -0.4 is 15.4 Å². The van der Waals surface area contributed by atoms with Crippen molar-refractivity contribution in [2.75, 3.05) is 12.4 Å². The third-order valence-electron chi connectivity index (χ3n) is 4.17. The first kappa shape index (κ1) is 18.9. The first-order valence-electron chi connectivity index (χ1n) is 8.79. The van der Waals surface area contributed by atoms with Gasteiger partial charge in [0.1, 0.15) is 10.8 Å². The van der Waals surface area contributed by atoms with Crippen molar-refractivity contribution in [2.45, 2.75) is 26.3 Å². The molecule has 0 saturated heterocycles. The van der Waals surface area contributed by atoms with Crippen molar-refractivity contribution in [3.8, 4) is 17.0 Å². The van der Waals surface area contributed by atoms with Crippen molar-refractivity contribution in [1.29, 1.82) is 0 Å². The number of thiazole rings is 1. The minimum atomic E-state index is -0.242. The molecule has 1 heterocycles. The number of aromatic nitrogens is 1. The second-order valence-corrected chi connectivity index (χ2v) is 7.38. The van der Waals surface area contributed by atoms with E-state index >= 15 is 0 Å². The molecule has 0 atom stereocenters. The minimum Gasteiger partial charge on any atom is -0.497 e. The van der Waals surface area contributed by atoms with Gasteiger partial charge in [-0.3, -0.25) is 0 Å². The molecule has 2 aromatic carbocycles. The third-order valence-corrected chi connectivity index (χ3v) is 5.02. The van der Waals surface area contributed by atoms with Crippen LogP contribution in [0.4, 0.5) is 10.5 Å². The highest BCUT2D eigenvalue weighted by molar-refractivity contribution is 7.09. The second kappa shape index (κ2) is 8.68. The summed E-state index contributed by atoms with van der Waals surface area (Å²) in [4.78, 5) is 16.7. The van der Waals surface area contributed by atoms with E-state index in [-0.39, 0.29) is 6.03 Å². The van der Waals surface area contributed by atoms with Gasteiger partial charge in [0.05, 0.1) is 19.3 Å². The maximum atomic E-state index is 12.1. The Kier molecular flexibility index (Phi) is 6.08. The zero-order valence-electron chi connectivity index (χ0n) is 15.7. The number of anilines is 1. The molecule has 0 bridgehead atoms. The molecule has 2 N–H and O–H groups in total. The van der Waals surface area contributed by atoms with Crippen molar-refractivity contribution in [2.24, 2.45) is 0 Å². The number of carbonyl (C=O) groups excluding carboxylic acids is 1. The monoisotopic (exact) mass is 381 g/mol. The third kappa shape index (κ3) is 5.08. The number of methoxy groups -OCH3 is 1. The SMILES string of the molecule is COc1ccc(-c2csc(CNC(=O)Nc3ccc(C(C)C)cc3)n2)cc1.